The zero-order valence-corrected chi connectivity index (χ0v) is 25.3. The van der Waals surface area contributed by atoms with Crippen LogP contribution in [-0.4, -0.2) is 35.9 Å². The number of phenols is 1. The molecule has 3 heterocycles. The molecular weight excluding hydrogens is 582 g/mol. The molecule has 10 heteroatoms. The van der Waals surface area contributed by atoms with Crippen LogP contribution in [0.25, 0.3) is 10.8 Å². The minimum atomic E-state index is -1.47. The van der Waals surface area contributed by atoms with Gasteiger partial charge in [-0.25, -0.2) is 23.5 Å². The third-order valence-electron chi connectivity index (χ3n) is 10.1. The summed E-state index contributed by atoms with van der Waals surface area (Å²) in [4.78, 5) is 56.4. The van der Waals surface area contributed by atoms with Gasteiger partial charge in [0.15, 0.2) is 0 Å². The van der Waals surface area contributed by atoms with E-state index in [0.717, 1.165) is 20.5 Å². The number of aromatic nitrogens is 3. The van der Waals surface area contributed by atoms with Gasteiger partial charge in [0.05, 0.1) is 29.6 Å². The molecule has 1 saturated heterocycles. The molecule has 1 aromatic heterocycles. The smallest absolute Gasteiger partial charge is 0.347 e. The third-order valence-corrected chi connectivity index (χ3v) is 10.1. The topological polar surface area (TPSA) is 119 Å². The van der Waals surface area contributed by atoms with Crippen molar-refractivity contribution in [1.82, 2.24) is 18.9 Å². The second-order valence-electron chi connectivity index (χ2n) is 12.4. The number of carbonyl (C=O) groups excluding carboxylic acids is 2. The van der Waals surface area contributed by atoms with Crippen LogP contribution in [0, 0.1) is 12.8 Å². The van der Waals surface area contributed by atoms with Gasteiger partial charge in [-0.15, -0.1) is 0 Å². The summed E-state index contributed by atoms with van der Waals surface area (Å²) in [6, 6.07) is 27.1. The van der Waals surface area contributed by atoms with Crippen LogP contribution in [0.3, 0.4) is 0 Å². The van der Waals surface area contributed by atoms with E-state index in [1.54, 1.807) is 0 Å². The Morgan fingerprint density at radius 2 is 1.57 bits per heavy atom. The fourth-order valence-corrected chi connectivity index (χ4v) is 7.97. The predicted octanol–water partition coefficient (Wildman–Crippen LogP) is 4.13. The minimum absolute atomic E-state index is 0.00673. The number of nitrogens with zero attached hydrogens (tertiary/aromatic N) is 4. The van der Waals surface area contributed by atoms with Crippen LogP contribution >= 0.6 is 0 Å². The van der Waals surface area contributed by atoms with Crippen LogP contribution in [0.2, 0.25) is 0 Å². The van der Waals surface area contributed by atoms with Crippen molar-refractivity contribution in [2.45, 2.75) is 37.3 Å². The van der Waals surface area contributed by atoms with Crippen LogP contribution in [0.4, 0.5) is 5.69 Å². The second-order valence-corrected chi connectivity index (χ2v) is 12.4. The number of phenolic OH excluding ortho intramolecular Hbond substituents is 1. The van der Waals surface area contributed by atoms with Crippen LogP contribution in [-0.2, 0) is 28.6 Å². The maximum atomic E-state index is 15.2. The van der Waals surface area contributed by atoms with Gasteiger partial charge in [-0.2, -0.15) is 5.01 Å². The molecule has 10 nitrogen and oxygen atoms in total. The Morgan fingerprint density at radius 3 is 2.33 bits per heavy atom. The summed E-state index contributed by atoms with van der Waals surface area (Å²) in [6.45, 7) is 2.06. The molecule has 230 valence electrons. The Hall–Kier alpha value is -5.64. The highest BCUT2D eigenvalue weighted by molar-refractivity contribution is 6.13. The zero-order chi connectivity index (χ0) is 31.9. The molecule has 0 spiro atoms. The van der Waals surface area contributed by atoms with Gasteiger partial charge < -0.3 is 5.11 Å². The van der Waals surface area contributed by atoms with E-state index in [2.05, 4.69) is 5.43 Å². The predicted molar refractivity (Wildman–Crippen MR) is 172 cm³/mol. The SMILES string of the molecule is Cc1ccc(NN2C(=O)[C@@H]3C[C@@H]4C(=CCn5c(=O)n(C)c(=O)n54)[C@H](c4ccc5ccccc5c4O)[C@]3(c3ccccc3)C2=O)cc1. The molecule has 2 amide bonds. The molecule has 3 aliphatic rings. The third kappa shape index (κ3) is 3.64. The lowest BCUT2D eigenvalue weighted by molar-refractivity contribution is -0.138. The standard InChI is InChI=1S/C36H31N5O5/c1-21-12-15-24(16-13-21)37-40-32(43)28-20-29-26(18-19-39-34(45)38(2)35(46)41(29)39)30(36(28,33(40)44)23-9-4-3-5-10-23)27-17-14-22-8-6-7-11-25(22)31(27)42/h3-18,28-30,37,42H,19-20H2,1-2H3/t28-,29+,30+,36+/m0/s1. The molecule has 1 saturated carbocycles. The molecule has 4 atom stereocenters. The molecule has 46 heavy (non-hydrogen) atoms. The largest absolute Gasteiger partial charge is 0.507 e. The fraction of sp³-hybridized carbons (Fsp3) is 0.222. The number of hydrogen-bond acceptors (Lipinski definition) is 6. The van der Waals surface area contributed by atoms with Gasteiger partial charge in [0.25, 0.3) is 11.8 Å². The summed E-state index contributed by atoms with van der Waals surface area (Å²) in [5.41, 5.74) is 4.07. The first-order valence-corrected chi connectivity index (χ1v) is 15.3. The van der Waals surface area contributed by atoms with E-state index in [-0.39, 0.29) is 18.7 Å². The van der Waals surface area contributed by atoms with Gasteiger partial charge in [0.2, 0.25) is 0 Å². The summed E-state index contributed by atoms with van der Waals surface area (Å²) in [7, 11) is 1.43. The lowest BCUT2D eigenvalue weighted by atomic mass is 9.53. The number of hydrogen-bond donors (Lipinski definition) is 2. The molecule has 8 rings (SSSR count). The van der Waals surface area contributed by atoms with E-state index in [1.165, 1.54) is 16.4 Å². The molecule has 1 aliphatic carbocycles. The molecule has 4 aromatic carbocycles. The lowest BCUT2D eigenvalue weighted by Crippen LogP contribution is -2.53. The number of anilines is 1. The zero-order valence-electron chi connectivity index (χ0n) is 25.3. The van der Waals surface area contributed by atoms with E-state index in [1.807, 2.05) is 104 Å². The Bertz CT molecular complexity index is 2230. The monoisotopic (exact) mass is 613 g/mol. The van der Waals surface area contributed by atoms with Gasteiger partial charge in [-0.05, 0) is 42.0 Å². The average molecular weight is 614 g/mol. The average Bonchev–Trinajstić information content (AvgIpc) is 3.43. The number of rotatable bonds is 4. The highest BCUT2D eigenvalue weighted by Gasteiger charge is 2.69. The number of carbonyl (C=O) groups is 2. The lowest BCUT2D eigenvalue weighted by Gasteiger charge is -2.49. The molecular formula is C36H31N5O5. The number of nitrogens with one attached hydrogen (secondary N) is 1. The first-order valence-electron chi connectivity index (χ1n) is 15.3. The van der Waals surface area contributed by atoms with E-state index in [0.29, 0.717) is 27.8 Å². The van der Waals surface area contributed by atoms with E-state index < -0.39 is 46.5 Å². The number of fused-ring (bicyclic) bond motifs is 5. The Balaban J connectivity index is 1.42. The summed E-state index contributed by atoms with van der Waals surface area (Å²) in [5, 5.41) is 14.5. The van der Waals surface area contributed by atoms with Crippen molar-refractivity contribution in [2.24, 2.45) is 13.0 Å². The van der Waals surface area contributed by atoms with Crippen molar-refractivity contribution >= 4 is 28.3 Å². The first-order chi connectivity index (χ1) is 22.2. The van der Waals surface area contributed by atoms with Gasteiger partial charge in [0.1, 0.15) is 5.75 Å². The molecule has 0 radical (unpaired) electrons. The Morgan fingerprint density at radius 1 is 0.848 bits per heavy atom. The number of aromatic hydroxyl groups is 1. The van der Waals surface area contributed by atoms with E-state index in [9.17, 15) is 19.5 Å². The fourth-order valence-electron chi connectivity index (χ4n) is 7.97. The van der Waals surface area contributed by atoms with Crippen molar-refractivity contribution in [3.63, 3.8) is 0 Å². The second kappa shape index (κ2) is 9.93. The number of aryl methyl sites for hydroxylation is 1. The summed E-state index contributed by atoms with van der Waals surface area (Å²) in [5.74, 6) is -2.67. The number of benzene rings is 4. The number of amides is 2. The minimum Gasteiger partial charge on any atom is -0.507 e. The molecule has 2 aliphatic heterocycles. The van der Waals surface area contributed by atoms with Gasteiger partial charge in [-0.1, -0.05) is 90.5 Å². The van der Waals surface area contributed by atoms with Crippen molar-refractivity contribution in [2.75, 3.05) is 5.43 Å². The van der Waals surface area contributed by atoms with Crippen molar-refractivity contribution < 1.29 is 14.7 Å². The van der Waals surface area contributed by atoms with Gasteiger partial charge >= 0.3 is 11.4 Å². The van der Waals surface area contributed by atoms with E-state index >= 15 is 4.79 Å². The van der Waals surface area contributed by atoms with Crippen molar-refractivity contribution in [1.29, 1.82) is 0 Å². The van der Waals surface area contributed by atoms with Crippen molar-refractivity contribution in [3.05, 3.63) is 140 Å². The Labute approximate surface area is 263 Å². The summed E-state index contributed by atoms with van der Waals surface area (Å²) < 4.78 is 3.86. The maximum Gasteiger partial charge on any atom is 0.347 e. The summed E-state index contributed by atoms with van der Waals surface area (Å²) in [6.07, 6.45) is 1.99. The first kappa shape index (κ1) is 27.9. The Kier molecular flexibility index (Phi) is 6.02. The van der Waals surface area contributed by atoms with E-state index in [4.69, 9.17) is 0 Å². The number of allylic oxidation sites excluding steroid dienone is 2. The molecule has 2 N–H and O–H groups in total. The summed E-state index contributed by atoms with van der Waals surface area (Å²) >= 11 is 0. The molecule has 5 aromatic rings. The maximum absolute atomic E-state index is 15.2. The van der Waals surface area contributed by atoms with Crippen molar-refractivity contribution in [3.8, 4) is 5.75 Å². The quantitative estimate of drug-likeness (QED) is 0.233. The number of hydrazine groups is 1. The van der Waals surface area contributed by atoms with Crippen LogP contribution in [0.1, 0.15) is 35.1 Å². The molecule has 2 fully saturated rings. The van der Waals surface area contributed by atoms with Crippen LogP contribution < -0.4 is 16.8 Å². The highest BCUT2D eigenvalue weighted by atomic mass is 16.3. The van der Waals surface area contributed by atoms with Gasteiger partial charge in [-0.3, -0.25) is 15.0 Å². The number of imide groups is 1. The molecule has 0 unspecified atom stereocenters. The normalized spacial score (nSPS) is 23.6. The van der Waals surface area contributed by atoms with Crippen LogP contribution in [0.15, 0.2) is 112 Å². The molecule has 0 bridgehead atoms. The van der Waals surface area contributed by atoms with Gasteiger partial charge in [0, 0.05) is 23.9 Å². The highest BCUT2D eigenvalue weighted by Crippen LogP contribution is 2.63. The van der Waals surface area contributed by atoms with Crippen LogP contribution in [0.5, 0.6) is 5.75 Å².